The molecular weight excluding hydrogens is 508 g/mol. The van der Waals surface area contributed by atoms with Crippen LogP contribution in [0.2, 0.25) is 5.02 Å². The van der Waals surface area contributed by atoms with Crippen molar-refractivity contribution in [2.45, 2.75) is 38.0 Å². The van der Waals surface area contributed by atoms with Crippen LogP contribution < -0.4 is 10.2 Å². The van der Waals surface area contributed by atoms with E-state index in [1.807, 2.05) is 105 Å². The molecule has 3 aromatic carbocycles. The average molecular weight is 541 g/mol. The Labute approximate surface area is 235 Å². The summed E-state index contributed by atoms with van der Waals surface area (Å²) in [5.41, 5.74) is 6.91. The minimum Gasteiger partial charge on any atom is -0.462 e. The number of carbonyl (C=O) groups is 2. The number of Topliss-reactive ketones (excluding diaryl/α,β-unsaturated/α-hetero) is 1. The zero-order chi connectivity index (χ0) is 27.5. The molecule has 6 heteroatoms. The highest BCUT2D eigenvalue weighted by Crippen LogP contribution is 2.46. The third kappa shape index (κ3) is 5.79. The molecule has 5 rings (SSSR count). The number of carbonyl (C=O) groups excluding carboxylic acids is 2. The molecule has 5 nitrogen and oxygen atoms in total. The molecule has 0 fully saturated rings. The number of dihydropyridines is 1. The van der Waals surface area contributed by atoms with E-state index in [0.29, 0.717) is 35.4 Å². The van der Waals surface area contributed by atoms with E-state index >= 15 is 0 Å². The second-order valence-corrected chi connectivity index (χ2v) is 10.9. The summed E-state index contributed by atoms with van der Waals surface area (Å²) in [5, 5.41) is 4.10. The van der Waals surface area contributed by atoms with Crippen molar-refractivity contribution in [3.63, 3.8) is 0 Å². The monoisotopic (exact) mass is 540 g/mol. The lowest BCUT2D eigenvalue weighted by Crippen LogP contribution is -2.36. The fourth-order valence-corrected chi connectivity index (χ4v) is 5.69. The number of esters is 1. The Morgan fingerprint density at radius 3 is 2.28 bits per heavy atom. The van der Waals surface area contributed by atoms with Crippen LogP contribution in [-0.4, -0.2) is 32.5 Å². The number of halogens is 1. The number of nitrogens with zero attached hydrogens (tertiary/aromatic N) is 1. The van der Waals surface area contributed by atoms with E-state index in [9.17, 15) is 9.59 Å². The molecular formula is C33H33ClN2O3. The van der Waals surface area contributed by atoms with Crippen molar-refractivity contribution < 1.29 is 14.3 Å². The molecule has 2 aliphatic rings. The first-order chi connectivity index (χ1) is 18.8. The van der Waals surface area contributed by atoms with Crippen LogP contribution in [0.1, 0.15) is 48.3 Å². The van der Waals surface area contributed by atoms with Gasteiger partial charge in [-0.1, -0.05) is 66.2 Å². The van der Waals surface area contributed by atoms with Crippen LogP contribution in [-0.2, 0) is 20.7 Å². The number of hydrogen-bond acceptors (Lipinski definition) is 5. The zero-order valence-corrected chi connectivity index (χ0v) is 23.3. The maximum atomic E-state index is 13.8. The van der Waals surface area contributed by atoms with E-state index in [-0.39, 0.29) is 18.3 Å². The van der Waals surface area contributed by atoms with E-state index < -0.39 is 11.9 Å². The van der Waals surface area contributed by atoms with Crippen molar-refractivity contribution in [1.29, 1.82) is 0 Å². The quantitative estimate of drug-likeness (QED) is 0.344. The molecule has 1 heterocycles. The van der Waals surface area contributed by atoms with Crippen LogP contribution >= 0.6 is 11.6 Å². The lowest BCUT2D eigenvalue weighted by atomic mass is 9.71. The highest BCUT2D eigenvalue weighted by molar-refractivity contribution is 6.30. The third-order valence-corrected chi connectivity index (χ3v) is 7.85. The first kappa shape index (κ1) is 26.8. The maximum absolute atomic E-state index is 13.8. The zero-order valence-electron chi connectivity index (χ0n) is 22.5. The lowest BCUT2D eigenvalue weighted by molar-refractivity contribution is -0.139. The summed E-state index contributed by atoms with van der Waals surface area (Å²) in [5.74, 6) is -0.783. The van der Waals surface area contributed by atoms with Gasteiger partial charge in [-0.05, 0) is 60.2 Å². The number of benzene rings is 3. The van der Waals surface area contributed by atoms with Crippen molar-refractivity contribution >= 4 is 29.0 Å². The Hall–Kier alpha value is -3.83. The topological polar surface area (TPSA) is 58.6 Å². The number of hydrogen-bond donors (Lipinski definition) is 1. The largest absolute Gasteiger partial charge is 0.462 e. The van der Waals surface area contributed by atoms with Crippen molar-refractivity contribution in [1.82, 2.24) is 5.32 Å². The molecule has 0 spiro atoms. The number of ketones is 1. The predicted octanol–water partition coefficient (Wildman–Crippen LogP) is 6.55. The van der Waals surface area contributed by atoms with Gasteiger partial charge >= 0.3 is 5.97 Å². The normalized spacial score (nSPS) is 18.9. The minimum atomic E-state index is -0.486. The molecule has 2 atom stereocenters. The fraction of sp³-hybridized carbons (Fsp3) is 0.273. The SMILES string of the molecule is CC1=C(C(=O)OCCc2ccccc2)[C@H](c2ccc(N(C)C)cc2)C2=C(C[C@H](c3ccc(Cl)cc3)CC2=O)N1. The van der Waals surface area contributed by atoms with Crippen molar-refractivity contribution in [3.8, 4) is 0 Å². The van der Waals surface area contributed by atoms with Gasteiger partial charge in [-0.15, -0.1) is 0 Å². The summed E-state index contributed by atoms with van der Waals surface area (Å²) < 4.78 is 5.79. The van der Waals surface area contributed by atoms with Crippen LogP contribution in [0.5, 0.6) is 0 Å². The summed E-state index contributed by atoms with van der Waals surface area (Å²) in [6.45, 7) is 2.17. The molecule has 1 N–H and O–H groups in total. The van der Waals surface area contributed by atoms with E-state index in [4.69, 9.17) is 16.3 Å². The van der Waals surface area contributed by atoms with Crippen molar-refractivity contribution in [2.75, 3.05) is 25.6 Å². The second-order valence-electron chi connectivity index (χ2n) is 10.4. The molecule has 0 saturated carbocycles. The van der Waals surface area contributed by atoms with Crippen LogP contribution in [0.15, 0.2) is 101 Å². The second kappa shape index (κ2) is 11.5. The van der Waals surface area contributed by atoms with Gasteiger partial charge < -0.3 is 15.0 Å². The van der Waals surface area contributed by atoms with Gasteiger partial charge in [-0.3, -0.25) is 4.79 Å². The number of rotatable bonds is 7. The third-order valence-electron chi connectivity index (χ3n) is 7.60. The van der Waals surface area contributed by atoms with E-state index in [0.717, 1.165) is 33.8 Å². The molecule has 200 valence electrons. The van der Waals surface area contributed by atoms with Crippen LogP contribution in [0.25, 0.3) is 0 Å². The molecule has 0 saturated heterocycles. The highest BCUT2D eigenvalue weighted by Gasteiger charge is 2.41. The first-order valence-electron chi connectivity index (χ1n) is 13.3. The molecule has 39 heavy (non-hydrogen) atoms. The van der Waals surface area contributed by atoms with Gasteiger partial charge in [0.05, 0.1) is 12.2 Å². The molecule has 0 aromatic heterocycles. The van der Waals surface area contributed by atoms with Crippen LogP contribution in [0, 0.1) is 0 Å². The summed E-state index contributed by atoms with van der Waals surface area (Å²) in [6.07, 6.45) is 1.69. The molecule has 0 bridgehead atoms. The molecule has 3 aromatic rings. The van der Waals surface area contributed by atoms with Crippen molar-refractivity contribution in [2.24, 2.45) is 0 Å². The van der Waals surface area contributed by atoms with Gasteiger partial charge in [-0.25, -0.2) is 4.79 Å². The van der Waals surface area contributed by atoms with Gasteiger partial charge in [0, 0.05) is 60.5 Å². The predicted molar refractivity (Wildman–Crippen MR) is 156 cm³/mol. The smallest absolute Gasteiger partial charge is 0.336 e. The molecule has 0 amide bonds. The molecule has 1 aliphatic carbocycles. The summed E-state index contributed by atoms with van der Waals surface area (Å²) >= 11 is 6.10. The molecule has 0 unspecified atom stereocenters. The summed E-state index contributed by atoms with van der Waals surface area (Å²) in [4.78, 5) is 29.4. The first-order valence-corrected chi connectivity index (χ1v) is 13.7. The maximum Gasteiger partial charge on any atom is 0.336 e. The summed E-state index contributed by atoms with van der Waals surface area (Å²) in [7, 11) is 3.97. The van der Waals surface area contributed by atoms with Gasteiger partial charge in [0.1, 0.15) is 0 Å². The van der Waals surface area contributed by atoms with Gasteiger partial charge in [0.2, 0.25) is 0 Å². The molecule has 0 radical (unpaired) electrons. The minimum absolute atomic E-state index is 0.0463. The van der Waals surface area contributed by atoms with E-state index in [1.54, 1.807) is 0 Å². The molecule has 1 aliphatic heterocycles. The number of nitrogens with one attached hydrogen (secondary N) is 1. The Morgan fingerprint density at radius 2 is 1.62 bits per heavy atom. The standard InChI is InChI=1S/C33H33ClN2O3/c1-21-30(33(38)39-18-17-22-7-5-4-6-8-22)31(24-11-15-27(16-12-24)36(2)3)32-28(35-21)19-25(20-29(32)37)23-9-13-26(34)14-10-23/h4-16,25,31,35H,17-20H2,1-3H3/t25-,31-/m0/s1. The van der Waals surface area contributed by atoms with Crippen LogP contribution in [0.3, 0.4) is 0 Å². The van der Waals surface area contributed by atoms with Gasteiger partial charge in [0.15, 0.2) is 5.78 Å². The number of allylic oxidation sites excluding steroid dienone is 3. The van der Waals surface area contributed by atoms with Gasteiger partial charge in [-0.2, -0.15) is 0 Å². The summed E-state index contributed by atoms with van der Waals surface area (Å²) in [6, 6.07) is 25.7. The average Bonchev–Trinajstić information content (AvgIpc) is 2.93. The number of anilines is 1. The van der Waals surface area contributed by atoms with Crippen molar-refractivity contribution in [3.05, 3.63) is 123 Å². The Balaban J connectivity index is 1.47. The highest BCUT2D eigenvalue weighted by atomic mass is 35.5. The van der Waals surface area contributed by atoms with E-state index in [1.165, 1.54) is 0 Å². The lowest BCUT2D eigenvalue weighted by Gasteiger charge is -2.36. The van der Waals surface area contributed by atoms with E-state index in [2.05, 4.69) is 5.32 Å². The van der Waals surface area contributed by atoms with Crippen LogP contribution in [0.4, 0.5) is 5.69 Å². The Morgan fingerprint density at radius 1 is 0.949 bits per heavy atom. The fourth-order valence-electron chi connectivity index (χ4n) is 5.56. The number of ether oxygens (including phenoxy) is 1. The van der Waals surface area contributed by atoms with Gasteiger partial charge in [0.25, 0.3) is 0 Å². The Bertz CT molecular complexity index is 1420. The Kier molecular flexibility index (Phi) is 7.89.